The van der Waals surface area contributed by atoms with Crippen LogP contribution in [0.5, 0.6) is 0 Å². The molecule has 0 fully saturated rings. The molecule has 0 saturated carbocycles. The minimum Gasteiger partial charge on any atom is -0.465 e. The van der Waals surface area contributed by atoms with E-state index < -0.39 is 11.9 Å². The van der Waals surface area contributed by atoms with E-state index in [9.17, 15) is 9.59 Å². The molecule has 3 nitrogen and oxygen atoms in total. The Balaban J connectivity index is 2.33. The fraction of sp³-hybridized carbons (Fsp3) is 0.385. The average Bonchev–Trinajstić information content (AvgIpc) is 2.29. The van der Waals surface area contributed by atoms with Crippen LogP contribution in [-0.4, -0.2) is 23.6 Å². The van der Waals surface area contributed by atoms with Gasteiger partial charge in [0.1, 0.15) is 5.92 Å². The Hall–Kier alpha value is -1.29. The molecule has 2 unspecified atom stereocenters. The zero-order valence-corrected chi connectivity index (χ0v) is 10.6. The highest BCUT2D eigenvalue weighted by molar-refractivity contribution is 8.00. The van der Waals surface area contributed by atoms with Crippen LogP contribution >= 0.6 is 11.8 Å². The van der Waals surface area contributed by atoms with E-state index in [4.69, 9.17) is 4.74 Å². The first-order valence-electron chi connectivity index (χ1n) is 5.61. The first-order valence-corrected chi connectivity index (χ1v) is 6.49. The van der Waals surface area contributed by atoms with Gasteiger partial charge in [0, 0.05) is 15.7 Å². The van der Waals surface area contributed by atoms with Crippen LogP contribution in [0.4, 0.5) is 0 Å². The number of hydrogen-bond donors (Lipinski definition) is 0. The van der Waals surface area contributed by atoms with E-state index in [1.165, 1.54) is 0 Å². The van der Waals surface area contributed by atoms with Crippen LogP contribution in [-0.2, 0) is 9.53 Å². The van der Waals surface area contributed by atoms with Gasteiger partial charge in [-0.1, -0.05) is 25.1 Å². The largest absolute Gasteiger partial charge is 0.465 e. The molecule has 0 spiro atoms. The van der Waals surface area contributed by atoms with Crippen molar-refractivity contribution in [2.75, 3.05) is 6.61 Å². The summed E-state index contributed by atoms with van der Waals surface area (Å²) >= 11 is 1.56. The second-order valence-electron chi connectivity index (χ2n) is 3.91. The molecule has 17 heavy (non-hydrogen) atoms. The van der Waals surface area contributed by atoms with Crippen molar-refractivity contribution in [3.63, 3.8) is 0 Å². The normalized spacial score (nSPS) is 23.1. The summed E-state index contributed by atoms with van der Waals surface area (Å²) in [6.45, 7) is 3.94. The lowest BCUT2D eigenvalue weighted by Crippen LogP contribution is -2.36. The molecule has 1 heterocycles. The summed E-state index contributed by atoms with van der Waals surface area (Å²) in [4.78, 5) is 25.0. The molecular formula is C13H14O3S. The number of carbonyl (C=O) groups excluding carboxylic acids is 2. The van der Waals surface area contributed by atoms with Gasteiger partial charge in [-0.15, -0.1) is 11.8 Å². The first-order chi connectivity index (χ1) is 8.15. The Kier molecular flexibility index (Phi) is 3.52. The van der Waals surface area contributed by atoms with Crippen LogP contribution in [0.25, 0.3) is 0 Å². The fourth-order valence-corrected chi connectivity index (χ4v) is 3.18. The third-order valence-corrected chi connectivity index (χ3v) is 4.01. The molecule has 90 valence electrons. The van der Waals surface area contributed by atoms with E-state index in [-0.39, 0.29) is 11.0 Å². The number of rotatable bonds is 2. The molecule has 1 aliphatic rings. The standard InChI is InChI=1S/C13H14O3S/c1-3-16-13(15)11-8(2)17-10-7-5-4-6-9(10)12(11)14/h4-8,11H,3H2,1-2H3. The molecule has 1 aromatic rings. The van der Waals surface area contributed by atoms with Crippen LogP contribution in [0.1, 0.15) is 24.2 Å². The van der Waals surface area contributed by atoms with Crippen LogP contribution in [0.2, 0.25) is 0 Å². The number of Topliss-reactive ketones (excluding diaryl/α,β-unsaturated/α-hetero) is 1. The maximum atomic E-state index is 12.2. The number of esters is 1. The smallest absolute Gasteiger partial charge is 0.318 e. The summed E-state index contributed by atoms with van der Waals surface area (Å²) in [5.74, 6) is -1.20. The predicted molar refractivity (Wildman–Crippen MR) is 66.2 cm³/mol. The van der Waals surface area contributed by atoms with Crippen LogP contribution < -0.4 is 0 Å². The van der Waals surface area contributed by atoms with Crippen molar-refractivity contribution < 1.29 is 14.3 Å². The van der Waals surface area contributed by atoms with Crippen molar-refractivity contribution in [3.8, 4) is 0 Å². The highest BCUT2D eigenvalue weighted by Gasteiger charge is 2.39. The van der Waals surface area contributed by atoms with Gasteiger partial charge in [-0.05, 0) is 13.0 Å². The van der Waals surface area contributed by atoms with E-state index in [0.29, 0.717) is 12.2 Å². The molecule has 0 aromatic heterocycles. The highest BCUT2D eigenvalue weighted by Crippen LogP contribution is 2.38. The zero-order chi connectivity index (χ0) is 12.4. The number of thioether (sulfide) groups is 1. The lowest BCUT2D eigenvalue weighted by atomic mass is 9.94. The number of hydrogen-bond acceptors (Lipinski definition) is 4. The fourth-order valence-electron chi connectivity index (χ4n) is 1.95. The molecule has 2 atom stereocenters. The van der Waals surface area contributed by atoms with Crippen LogP contribution in [0.15, 0.2) is 29.2 Å². The summed E-state index contributed by atoms with van der Waals surface area (Å²) < 4.78 is 4.96. The Morgan fingerprint density at radius 1 is 1.41 bits per heavy atom. The molecule has 0 amide bonds. The van der Waals surface area contributed by atoms with E-state index >= 15 is 0 Å². The quantitative estimate of drug-likeness (QED) is 0.597. The number of benzene rings is 1. The van der Waals surface area contributed by atoms with Gasteiger partial charge >= 0.3 is 5.97 Å². The molecule has 1 aliphatic heterocycles. The molecule has 0 bridgehead atoms. The number of ether oxygens (including phenoxy) is 1. The third-order valence-electron chi connectivity index (χ3n) is 2.76. The highest BCUT2D eigenvalue weighted by atomic mass is 32.2. The number of fused-ring (bicyclic) bond motifs is 1. The summed E-state index contributed by atoms with van der Waals surface area (Å²) in [6, 6.07) is 7.39. The van der Waals surface area contributed by atoms with E-state index in [2.05, 4.69) is 0 Å². The zero-order valence-electron chi connectivity index (χ0n) is 9.80. The Morgan fingerprint density at radius 3 is 2.82 bits per heavy atom. The van der Waals surface area contributed by atoms with Crippen molar-refractivity contribution in [3.05, 3.63) is 29.8 Å². The van der Waals surface area contributed by atoms with Gasteiger partial charge in [-0.2, -0.15) is 0 Å². The topological polar surface area (TPSA) is 43.4 Å². The summed E-state index contributed by atoms with van der Waals surface area (Å²) in [7, 11) is 0. The van der Waals surface area contributed by atoms with Gasteiger partial charge in [0.05, 0.1) is 6.61 Å². The van der Waals surface area contributed by atoms with Crippen molar-refractivity contribution >= 4 is 23.5 Å². The predicted octanol–water partition coefficient (Wildman–Crippen LogP) is 2.54. The Bertz CT molecular complexity index is 456. The summed E-state index contributed by atoms with van der Waals surface area (Å²) in [5, 5.41) is -0.0727. The van der Waals surface area contributed by atoms with Crippen molar-refractivity contribution in [2.24, 2.45) is 5.92 Å². The van der Waals surface area contributed by atoms with Gasteiger partial charge in [0.15, 0.2) is 5.78 Å². The summed E-state index contributed by atoms with van der Waals surface area (Å²) in [5.41, 5.74) is 0.633. The van der Waals surface area contributed by atoms with Gasteiger partial charge in [0.2, 0.25) is 0 Å². The number of ketones is 1. The Labute approximate surface area is 105 Å². The molecule has 0 saturated heterocycles. The van der Waals surface area contributed by atoms with E-state index in [0.717, 1.165) is 4.90 Å². The molecular weight excluding hydrogens is 236 g/mol. The van der Waals surface area contributed by atoms with E-state index in [1.54, 1.807) is 24.8 Å². The Morgan fingerprint density at radius 2 is 2.12 bits per heavy atom. The van der Waals surface area contributed by atoms with Crippen LogP contribution in [0, 0.1) is 5.92 Å². The van der Waals surface area contributed by atoms with Gasteiger partial charge in [0.25, 0.3) is 0 Å². The van der Waals surface area contributed by atoms with E-state index in [1.807, 2.05) is 25.1 Å². The molecule has 1 aromatic carbocycles. The lowest BCUT2D eigenvalue weighted by Gasteiger charge is -2.27. The SMILES string of the molecule is CCOC(=O)C1C(=O)c2ccccc2SC1C. The van der Waals surface area contributed by atoms with Crippen molar-refractivity contribution in [2.45, 2.75) is 24.0 Å². The van der Waals surface area contributed by atoms with Gasteiger partial charge < -0.3 is 4.74 Å². The maximum Gasteiger partial charge on any atom is 0.318 e. The molecule has 0 radical (unpaired) electrons. The minimum atomic E-state index is -0.671. The average molecular weight is 250 g/mol. The van der Waals surface area contributed by atoms with Gasteiger partial charge in [-0.25, -0.2) is 0 Å². The second kappa shape index (κ2) is 4.92. The van der Waals surface area contributed by atoms with Crippen molar-refractivity contribution in [1.82, 2.24) is 0 Å². The molecule has 0 aliphatic carbocycles. The third kappa shape index (κ3) is 2.22. The number of carbonyl (C=O) groups is 2. The molecule has 4 heteroatoms. The monoisotopic (exact) mass is 250 g/mol. The van der Waals surface area contributed by atoms with Gasteiger partial charge in [-0.3, -0.25) is 9.59 Å². The van der Waals surface area contributed by atoms with Crippen LogP contribution in [0.3, 0.4) is 0 Å². The minimum absolute atomic E-state index is 0.0727. The molecule has 0 N–H and O–H groups in total. The maximum absolute atomic E-state index is 12.2. The van der Waals surface area contributed by atoms with Crippen molar-refractivity contribution in [1.29, 1.82) is 0 Å². The lowest BCUT2D eigenvalue weighted by molar-refractivity contribution is -0.146. The molecule has 2 rings (SSSR count). The second-order valence-corrected chi connectivity index (χ2v) is 5.33. The summed E-state index contributed by atoms with van der Waals surface area (Å²) in [6.07, 6.45) is 0. The first kappa shape index (κ1) is 12.2.